The lowest BCUT2D eigenvalue weighted by Gasteiger charge is -2.34. The summed E-state index contributed by atoms with van der Waals surface area (Å²) in [6.07, 6.45) is 23.3. The third-order valence-electron chi connectivity index (χ3n) is 5.71. The second kappa shape index (κ2) is 18.6. The summed E-state index contributed by atoms with van der Waals surface area (Å²) in [5.41, 5.74) is 0.0383. The molecule has 0 radical (unpaired) electrons. The Hall–Kier alpha value is 0.210. The molecule has 0 aliphatic heterocycles. The number of hydrogen-bond donors (Lipinski definition) is 1. The molecule has 1 N–H and O–H groups in total. The molecule has 2 nitrogen and oxygen atoms in total. The lowest BCUT2D eigenvalue weighted by atomic mass is 10.0. The summed E-state index contributed by atoms with van der Waals surface area (Å²) in [7, 11) is 4.36. The lowest BCUT2D eigenvalue weighted by Crippen LogP contribution is -2.46. The standard InChI is InChI=1S/C23H49ClNO/c1-4-5-6-7-8-9-10-11-12-13-14-15-16-17-18-19-21-25(2,3)23(24)20-22-26/h23,26H,4-22H2,1-3H3/q+1/t23-/m1/s1. The van der Waals surface area contributed by atoms with Crippen LogP contribution in [0.1, 0.15) is 116 Å². The molecule has 26 heavy (non-hydrogen) atoms. The molecule has 0 aliphatic carbocycles. The maximum Gasteiger partial charge on any atom is 0.166 e. The van der Waals surface area contributed by atoms with Crippen LogP contribution in [-0.4, -0.2) is 42.3 Å². The fraction of sp³-hybridized carbons (Fsp3) is 1.00. The highest BCUT2D eigenvalue weighted by molar-refractivity contribution is 6.19. The van der Waals surface area contributed by atoms with Crippen LogP contribution in [0.3, 0.4) is 0 Å². The van der Waals surface area contributed by atoms with Crippen molar-refractivity contribution in [2.75, 3.05) is 27.2 Å². The maximum absolute atomic E-state index is 9.02. The van der Waals surface area contributed by atoms with Crippen molar-refractivity contribution in [3.63, 3.8) is 0 Å². The molecule has 3 heteroatoms. The van der Waals surface area contributed by atoms with E-state index < -0.39 is 0 Å². The molecule has 0 aromatic heterocycles. The molecular weight excluding hydrogens is 342 g/mol. The van der Waals surface area contributed by atoms with Gasteiger partial charge in [-0.15, -0.1) is 0 Å². The van der Waals surface area contributed by atoms with Gasteiger partial charge < -0.3 is 9.59 Å². The Morgan fingerprint density at radius 3 is 1.35 bits per heavy atom. The molecule has 1 atom stereocenters. The van der Waals surface area contributed by atoms with Crippen LogP contribution in [-0.2, 0) is 0 Å². The van der Waals surface area contributed by atoms with Crippen molar-refractivity contribution < 1.29 is 9.59 Å². The van der Waals surface area contributed by atoms with Crippen LogP contribution in [0.5, 0.6) is 0 Å². The number of nitrogens with zero attached hydrogens (tertiary/aromatic N) is 1. The van der Waals surface area contributed by atoms with Crippen molar-refractivity contribution in [1.82, 2.24) is 0 Å². The zero-order valence-electron chi connectivity index (χ0n) is 18.3. The van der Waals surface area contributed by atoms with Crippen LogP contribution in [0.15, 0.2) is 0 Å². The Balaban J connectivity index is 3.24. The summed E-state index contributed by atoms with van der Waals surface area (Å²) in [5.74, 6) is 0. The second-order valence-electron chi connectivity index (χ2n) is 8.75. The quantitative estimate of drug-likeness (QED) is 0.100. The van der Waals surface area contributed by atoms with E-state index in [2.05, 4.69) is 21.0 Å². The Morgan fingerprint density at radius 1 is 0.654 bits per heavy atom. The highest BCUT2D eigenvalue weighted by atomic mass is 35.5. The number of aliphatic hydroxyl groups excluding tert-OH is 1. The molecule has 0 amide bonds. The zero-order valence-corrected chi connectivity index (χ0v) is 19.0. The first-order valence-corrected chi connectivity index (χ1v) is 12.1. The summed E-state index contributed by atoms with van der Waals surface area (Å²) >= 11 is 6.36. The molecule has 0 heterocycles. The first-order valence-electron chi connectivity index (χ1n) is 11.6. The number of quaternary nitrogens is 1. The average molecular weight is 391 g/mol. The van der Waals surface area contributed by atoms with Gasteiger partial charge in [-0.3, -0.25) is 0 Å². The summed E-state index contributed by atoms with van der Waals surface area (Å²) in [6.45, 7) is 3.60. The summed E-state index contributed by atoms with van der Waals surface area (Å²) in [6, 6.07) is 0. The van der Waals surface area contributed by atoms with Gasteiger partial charge in [0.05, 0.1) is 27.2 Å². The lowest BCUT2D eigenvalue weighted by molar-refractivity contribution is -0.902. The van der Waals surface area contributed by atoms with Crippen LogP contribution in [0.4, 0.5) is 0 Å². The van der Waals surface area contributed by atoms with Gasteiger partial charge in [0.2, 0.25) is 0 Å². The van der Waals surface area contributed by atoms with Gasteiger partial charge in [0.15, 0.2) is 5.50 Å². The first kappa shape index (κ1) is 26.2. The van der Waals surface area contributed by atoms with Crippen molar-refractivity contribution in [1.29, 1.82) is 0 Å². The van der Waals surface area contributed by atoms with E-state index in [-0.39, 0.29) is 12.1 Å². The van der Waals surface area contributed by atoms with Gasteiger partial charge in [-0.1, -0.05) is 108 Å². The molecule has 158 valence electrons. The topological polar surface area (TPSA) is 20.2 Å². The maximum atomic E-state index is 9.02. The molecule has 0 saturated heterocycles. The van der Waals surface area contributed by atoms with Gasteiger partial charge in [0.1, 0.15) is 0 Å². The number of rotatable bonds is 20. The van der Waals surface area contributed by atoms with E-state index in [1.807, 2.05) is 0 Å². The zero-order chi connectivity index (χ0) is 19.5. The van der Waals surface area contributed by atoms with Gasteiger partial charge >= 0.3 is 0 Å². The van der Waals surface area contributed by atoms with E-state index >= 15 is 0 Å². The Bertz CT molecular complexity index is 283. The van der Waals surface area contributed by atoms with Crippen molar-refractivity contribution in [2.24, 2.45) is 0 Å². The van der Waals surface area contributed by atoms with E-state index in [4.69, 9.17) is 16.7 Å². The van der Waals surface area contributed by atoms with Crippen molar-refractivity contribution in [3.05, 3.63) is 0 Å². The van der Waals surface area contributed by atoms with E-state index in [9.17, 15) is 0 Å². The molecule has 0 aliphatic rings. The second-order valence-corrected chi connectivity index (χ2v) is 9.26. The highest BCUT2D eigenvalue weighted by Gasteiger charge is 2.24. The Labute approximate surface area is 170 Å². The van der Waals surface area contributed by atoms with Crippen molar-refractivity contribution in [3.8, 4) is 0 Å². The van der Waals surface area contributed by atoms with Gasteiger partial charge in [-0.25, -0.2) is 0 Å². The highest BCUT2D eigenvalue weighted by Crippen LogP contribution is 2.18. The minimum Gasteiger partial charge on any atom is -0.396 e. The average Bonchev–Trinajstić information content (AvgIpc) is 2.61. The van der Waals surface area contributed by atoms with Crippen LogP contribution in [0.2, 0.25) is 0 Å². The van der Waals surface area contributed by atoms with Gasteiger partial charge in [0, 0.05) is 6.42 Å². The largest absolute Gasteiger partial charge is 0.396 e. The minimum absolute atomic E-state index is 0.0383. The predicted octanol–water partition coefficient (Wildman–Crippen LogP) is 7.27. The number of halogens is 1. The van der Waals surface area contributed by atoms with Crippen LogP contribution < -0.4 is 0 Å². The summed E-state index contributed by atoms with van der Waals surface area (Å²) in [4.78, 5) is 0. The number of hydrogen-bond acceptors (Lipinski definition) is 1. The third-order valence-corrected chi connectivity index (χ3v) is 6.46. The molecular formula is C23H49ClNO+. The minimum atomic E-state index is 0.0383. The Kier molecular flexibility index (Phi) is 18.7. The monoisotopic (exact) mass is 390 g/mol. The molecule has 0 bridgehead atoms. The van der Waals surface area contributed by atoms with Gasteiger partial charge in [-0.05, 0) is 12.8 Å². The van der Waals surface area contributed by atoms with Crippen molar-refractivity contribution >= 4 is 11.6 Å². The summed E-state index contributed by atoms with van der Waals surface area (Å²) < 4.78 is 0.820. The fourth-order valence-electron chi connectivity index (χ4n) is 3.66. The van der Waals surface area contributed by atoms with Crippen molar-refractivity contribution in [2.45, 2.75) is 122 Å². The predicted molar refractivity (Wildman–Crippen MR) is 118 cm³/mol. The fourth-order valence-corrected chi connectivity index (χ4v) is 3.86. The molecule has 0 aromatic carbocycles. The summed E-state index contributed by atoms with van der Waals surface area (Å²) in [5, 5.41) is 9.02. The molecule has 0 unspecified atom stereocenters. The van der Waals surface area contributed by atoms with E-state index in [1.165, 1.54) is 103 Å². The van der Waals surface area contributed by atoms with E-state index in [0.717, 1.165) is 11.0 Å². The van der Waals surface area contributed by atoms with Gasteiger partial charge in [-0.2, -0.15) is 0 Å². The normalized spacial score (nSPS) is 13.3. The smallest absolute Gasteiger partial charge is 0.166 e. The SMILES string of the molecule is CCCCCCCCCCCCCCCCCC[N+](C)(C)[C@@H](Cl)CCO. The first-order chi connectivity index (χ1) is 12.5. The van der Waals surface area contributed by atoms with Crippen LogP contribution >= 0.6 is 11.6 Å². The molecule has 0 rings (SSSR count). The van der Waals surface area contributed by atoms with Crippen LogP contribution in [0, 0.1) is 0 Å². The molecule has 0 saturated carbocycles. The van der Waals surface area contributed by atoms with Crippen LogP contribution in [0.25, 0.3) is 0 Å². The molecule has 0 aromatic rings. The van der Waals surface area contributed by atoms with E-state index in [1.54, 1.807) is 0 Å². The number of aliphatic hydroxyl groups is 1. The third kappa shape index (κ3) is 16.4. The van der Waals surface area contributed by atoms with E-state index in [0.29, 0.717) is 6.42 Å². The molecule has 0 spiro atoms. The number of unbranched alkanes of at least 4 members (excludes halogenated alkanes) is 15. The number of alkyl halides is 1. The Morgan fingerprint density at radius 2 is 1.00 bits per heavy atom. The molecule has 0 fully saturated rings. The van der Waals surface area contributed by atoms with Gasteiger partial charge in [0.25, 0.3) is 0 Å².